The number of benzene rings is 2. The molecule has 1 saturated heterocycles. The Morgan fingerprint density at radius 2 is 1.58 bits per heavy atom. The van der Waals surface area contributed by atoms with E-state index in [4.69, 9.17) is 0 Å². The van der Waals surface area contributed by atoms with Gasteiger partial charge in [-0.1, -0.05) is 30.3 Å². The Balaban J connectivity index is 1.44. The van der Waals surface area contributed by atoms with E-state index in [-0.39, 0.29) is 29.9 Å². The standard InChI is InChI=1S/C22H24F3N3O4S/c23-22(24,25)32-18-8-10-19(11-9-18)33(30,31)28-14-12-27(13-15-28)20(16-4-2-1-3-5-16)21(29)26-17-6-7-17/h1-5,8-11,17,20H,6-7,12-15H2,(H,26,29)/t20-/m1/s1. The predicted octanol–water partition coefficient (Wildman–Crippen LogP) is 2.91. The first kappa shape index (κ1) is 23.5. The van der Waals surface area contributed by atoms with Crippen molar-refractivity contribution in [3.05, 3.63) is 60.2 Å². The van der Waals surface area contributed by atoms with E-state index in [1.807, 2.05) is 35.2 Å². The maximum absolute atomic E-state index is 13.0. The van der Waals surface area contributed by atoms with Gasteiger partial charge in [0.05, 0.1) is 4.90 Å². The average Bonchev–Trinajstić information content (AvgIpc) is 3.58. The average molecular weight is 484 g/mol. The molecule has 0 spiro atoms. The number of carbonyl (C=O) groups is 1. The highest BCUT2D eigenvalue weighted by atomic mass is 32.2. The topological polar surface area (TPSA) is 79.0 Å². The second-order valence-corrected chi connectivity index (χ2v) is 9.99. The van der Waals surface area contributed by atoms with Crippen LogP contribution in [0.15, 0.2) is 59.5 Å². The van der Waals surface area contributed by atoms with Crippen LogP contribution in [0.3, 0.4) is 0 Å². The SMILES string of the molecule is O=C(NC1CC1)[C@@H](c1ccccc1)N1CCN(S(=O)(=O)c2ccc(OC(F)(F)F)cc2)CC1. The molecule has 2 aliphatic rings. The van der Waals surface area contributed by atoms with Gasteiger partial charge < -0.3 is 10.1 Å². The maximum Gasteiger partial charge on any atom is 0.573 e. The Morgan fingerprint density at radius 1 is 0.970 bits per heavy atom. The van der Waals surface area contributed by atoms with Gasteiger partial charge in [-0.2, -0.15) is 4.31 Å². The molecule has 1 saturated carbocycles. The number of amides is 1. The molecule has 1 atom stereocenters. The molecule has 11 heteroatoms. The number of sulfonamides is 1. The molecule has 1 aliphatic carbocycles. The maximum atomic E-state index is 13.0. The van der Waals surface area contributed by atoms with Gasteiger partial charge in [-0.15, -0.1) is 13.2 Å². The second-order valence-electron chi connectivity index (χ2n) is 8.06. The molecule has 2 aromatic rings. The molecule has 0 unspecified atom stereocenters. The van der Waals surface area contributed by atoms with Gasteiger partial charge >= 0.3 is 6.36 Å². The fourth-order valence-corrected chi connectivity index (χ4v) is 5.26. The van der Waals surface area contributed by atoms with Crippen molar-refractivity contribution in [1.29, 1.82) is 0 Å². The quantitative estimate of drug-likeness (QED) is 0.655. The van der Waals surface area contributed by atoms with E-state index in [1.165, 1.54) is 4.31 Å². The Labute approximate surface area is 190 Å². The fraction of sp³-hybridized carbons (Fsp3) is 0.409. The van der Waals surface area contributed by atoms with Crippen LogP contribution in [-0.2, 0) is 14.8 Å². The number of rotatable bonds is 7. The van der Waals surface area contributed by atoms with Crippen LogP contribution in [0.1, 0.15) is 24.4 Å². The second kappa shape index (κ2) is 9.32. The summed E-state index contributed by atoms with van der Waals surface area (Å²) in [5.41, 5.74) is 0.840. The number of halogens is 3. The summed E-state index contributed by atoms with van der Waals surface area (Å²) in [5.74, 6) is -0.584. The number of ether oxygens (including phenoxy) is 1. The fourth-order valence-electron chi connectivity index (χ4n) is 3.84. The normalized spacial score (nSPS) is 19.1. The number of hydrogen-bond donors (Lipinski definition) is 1. The first-order valence-electron chi connectivity index (χ1n) is 10.6. The van der Waals surface area contributed by atoms with Crippen molar-refractivity contribution >= 4 is 15.9 Å². The van der Waals surface area contributed by atoms with Gasteiger partial charge in [0.2, 0.25) is 15.9 Å². The Morgan fingerprint density at radius 3 is 2.12 bits per heavy atom. The lowest BCUT2D eigenvalue weighted by molar-refractivity contribution is -0.274. The van der Waals surface area contributed by atoms with Gasteiger partial charge in [0.15, 0.2) is 0 Å². The molecule has 0 radical (unpaired) electrons. The Kier molecular flexibility index (Phi) is 6.64. The number of nitrogens with zero attached hydrogens (tertiary/aromatic N) is 2. The van der Waals surface area contributed by atoms with Crippen molar-refractivity contribution in [3.8, 4) is 5.75 Å². The third-order valence-corrected chi connectivity index (χ3v) is 7.53. The monoisotopic (exact) mass is 483 g/mol. The smallest absolute Gasteiger partial charge is 0.406 e. The molecule has 7 nitrogen and oxygen atoms in total. The summed E-state index contributed by atoms with van der Waals surface area (Å²) in [6.45, 7) is 0.991. The van der Waals surface area contributed by atoms with Crippen LogP contribution < -0.4 is 10.1 Å². The summed E-state index contributed by atoms with van der Waals surface area (Å²) in [5, 5.41) is 3.03. The molecular weight excluding hydrogens is 459 g/mol. The highest BCUT2D eigenvalue weighted by Gasteiger charge is 2.36. The summed E-state index contributed by atoms with van der Waals surface area (Å²) in [4.78, 5) is 14.8. The van der Waals surface area contributed by atoms with Crippen molar-refractivity contribution in [3.63, 3.8) is 0 Å². The van der Waals surface area contributed by atoms with E-state index >= 15 is 0 Å². The molecule has 2 fully saturated rings. The third-order valence-electron chi connectivity index (χ3n) is 5.62. The minimum atomic E-state index is -4.85. The summed E-state index contributed by atoms with van der Waals surface area (Å²) in [7, 11) is -3.90. The van der Waals surface area contributed by atoms with Gasteiger partial charge in [0.1, 0.15) is 11.8 Å². The molecule has 0 aromatic heterocycles. The predicted molar refractivity (Wildman–Crippen MR) is 114 cm³/mol. The van der Waals surface area contributed by atoms with E-state index in [9.17, 15) is 26.4 Å². The van der Waals surface area contributed by atoms with E-state index < -0.39 is 28.2 Å². The summed E-state index contributed by atoms with van der Waals surface area (Å²) >= 11 is 0. The van der Waals surface area contributed by atoms with Crippen molar-refractivity contribution in [1.82, 2.24) is 14.5 Å². The van der Waals surface area contributed by atoms with Crippen molar-refractivity contribution in [2.75, 3.05) is 26.2 Å². The highest BCUT2D eigenvalue weighted by molar-refractivity contribution is 7.89. The van der Waals surface area contributed by atoms with Crippen LogP contribution in [-0.4, -0.2) is 62.1 Å². The van der Waals surface area contributed by atoms with Crippen LogP contribution in [0, 0.1) is 0 Å². The molecular formula is C22H24F3N3O4S. The molecule has 1 aliphatic heterocycles. The number of alkyl halides is 3. The Bertz CT molecular complexity index is 1070. The summed E-state index contributed by atoms with van der Waals surface area (Å²) in [6.07, 6.45) is -2.92. The summed E-state index contributed by atoms with van der Waals surface area (Å²) < 4.78 is 68.1. The van der Waals surface area contributed by atoms with E-state index in [0.29, 0.717) is 13.1 Å². The van der Waals surface area contributed by atoms with Crippen molar-refractivity contribution in [2.24, 2.45) is 0 Å². The lowest BCUT2D eigenvalue weighted by atomic mass is 10.0. The van der Waals surface area contributed by atoms with Gasteiger partial charge in [-0.05, 0) is 42.7 Å². The van der Waals surface area contributed by atoms with Gasteiger partial charge in [-0.3, -0.25) is 9.69 Å². The minimum Gasteiger partial charge on any atom is -0.406 e. The molecule has 33 heavy (non-hydrogen) atoms. The minimum absolute atomic E-state index is 0.0970. The molecule has 1 amide bonds. The first-order chi connectivity index (χ1) is 15.6. The van der Waals surface area contributed by atoms with Crippen LogP contribution in [0.5, 0.6) is 5.75 Å². The molecule has 1 heterocycles. The summed E-state index contributed by atoms with van der Waals surface area (Å²) in [6, 6.07) is 13.2. The van der Waals surface area contributed by atoms with E-state index in [0.717, 1.165) is 42.7 Å². The van der Waals surface area contributed by atoms with E-state index in [2.05, 4.69) is 10.1 Å². The zero-order valence-corrected chi connectivity index (χ0v) is 18.5. The van der Waals surface area contributed by atoms with Crippen LogP contribution in [0.25, 0.3) is 0 Å². The first-order valence-corrected chi connectivity index (χ1v) is 12.0. The van der Waals surface area contributed by atoms with E-state index in [1.54, 1.807) is 0 Å². The van der Waals surface area contributed by atoms with Gasteiger partial charge in [-0.25, -0.2) is 8.42 Å². The van der Waals surface area contributed by atoms with Crippen LogP contribution >= 0.6 is 0 Å². The Hall–Kier alpha value is -2.63. The van der Waals surface area contributed by atoms with Crippen molar-refractivity contribution in [2.45, 2.75) is 36.2 Å². The lowest BCUT2D eigenvalue weighted by Crippen LogP contribution is -2.52. The number of carbonyl (C=O) groups excluding carboxylic acids is 1. The number of hydrogen-bond acceptors (Lipinski definition) is 5. The van der Waals surface area contributed by atoms with Crippen LogP contribution in [0.2, 0.25) is 0 Å². The van der Waals surface area contributed by atoms with Gasteiger partial charge in [0.25, 0.3) is 0 Å². The molecule has 2 aromatic carbocycles. The zero-order valence-electron chi connectivity index (χ0n) is 17.7. The van der Waals surface area contributed by atoms with Crippen molar-refractivity contribution < 1.29 is 31.1 Å². The molecule has 178 valence electrons. The largest absolute Gasteiger partial charge is 0.573 e. The number of piperazine rings is 1. The number of nitrogens with one attached hydrogen (secondary N) is 1. The van der Waals surface area contributed by atoms with Crippen LogP contribution in [0.4, 0.5) is 13.2 Å². The lowest BCUT2D eigenvalue weighted by Gasteiger charge is -2.38. The molecule has 0 bridgehead atoms. The highest BCUT2D eigenvalue weighted by Crippen LogP contribution is 2.28. The zero-order chi connectivity index (χ0) is 23.6. The third kappa shape index (κ3) is 5.84. The van der Waals surface area contributed by atoms with Gasteiger partial charge in [0, 0.05) is 32.2 Å². The molecule has 1 N–H and O–H groups in total. The molecule has 4 rings (SSSR count).